The molecule has 1 aromatic carbocycles. The number of hydrogen-bond acceptors (Lipinski definition) is 3. The Morgan fingerprint density at radius 3 is 2.69 bits per heavy atom. The summed E-state index contributed by atoms with van der Waals surface area (Å²) in [6.07, 6.45) is 7.20. The lowest BCUT2D eigenvalue weighted by Gasteiger charge is -2.27. The Labute approximate surface area is 163 Å². The summed E-state index contributed by atoms with van der Waals surface area (Å²) in [4.78, 5) is 5.48. The van der Waals surface area contributed by atoms with E-state index in [1.807, 2.05) is 30.3 Å². The summed E-state index contributed by atoms with van der Waals surface area (Å²) in [5.74, 6) is 0.426. The average Bonchev–Trinajstić information content (AvgIpc) is 3.14. The monoisotopic (exact) mass is 383 g/mol. The number of pyridine rings is 1. The zero-order chi connectivity index (χ0) is 17.9. The maximum absolute atomic E-state index is 11.2. The van der Waals surface area contributed by atoms with Gasteiger partial charge in [0, 0.05) is 33.8 Å². The molecule has 2 nitrogen and oxygen atoms in total. The summed E-state index contributed by atoms with van der Waals surface area (Å²) in [6, 6.07) is 14.1. The van der Waals surface area contributed by atoms with Crippen LogP contribution in [0, 0.1) is 0 Å². The first-order valence-corrected chi connectivity index (χ1v) is 10.4. The fraction of sp³-hybridized carbons (Fsp3) is 0.318. The Bertz CT molecular complexity index is 849. The normalized spacial score (nSPS) is 21.5. The standard InChI is InChI=1S/C22H22ClNOS/c23-18-10-4-8-16(12-18)22-20(21(25)17-9-5-11-24-13-17)19(14-26-22)15-6-2-1-3-7-15/h1-3,5-7,9,11,13-14,16,18,21,25H,4,8,10,12H2. The zero-order valence-electron chi connectivity index (χ0n) is 14.5. The molecule has 134 valence electrons. The molecule has 0 aliphatic heterocycles. The lowest BCUT2D eigenvalue weighted by atomic mass is 9.83. The molecule has 4 rings (SSSR count). The molecule has 1 aliphatic rings. The Kier molecular flexibility index (Phi) is 5.39. The third-order valence-corrected chi connectivity index (χ3v) is 6.76. The topological polar surface area (TPSA) is 33.1 Å². The number of thiophene rings is 1. The first-order chi connectivity index (χ1) is 12.7. The van der Waals surface area contributed by atoms with E-state index in [2.05, 4.69) is 22.5 Å². The van der Waals surface area contributed by atoms with Gasteiger partial charge >= 0.3 is 0 Å². The van der Waals surface area contributed by atoms with Crippen molar-refractivity contribution in [3.8, 4) is 11.1 Å². The SMILES string of the molecule is OC(c1cccnc1)c1c(-c2ccccc2)csc1C1CCCC(Cl)C1. The molecule has 1 saturated carbocycles. The van der Waals surface area contributed by atoms with Crippen LogP contribution in [0.15, 0.2) is 60.2 Å². The molecule has 0 spiro atoms. The van der Waals surface area contributed by atoms with Gasteiger partial charge in [-0.15, -0.1) is 22.9 Å². The molecule has 0 bridgehead atoms. The minimum Gasteiger partial charge on any atom is -0.384 e. The van der Waals surface area contributed by atoms with Gasteiger partial charge in [-0.05, 0) is 47.8 Å². The van der Waals surface area contributed by atoms with E-state index in [0.29, 0.717) is 5.92 Å². The number of aliphatic hydroxyl groups excluding tert-OH is 1. The Hall–Kier alpha value is -1.68. The number of nitrogens with zero attached hydrogens (tertiary/aromatic N) is 1. The van der Waals surface area contributed by atoms with Crippen LogP contribution in [-0.2, 0) is 0 Å². The molecule has 1 aliphatic carbocycles. The third kappa shape index (κ3) is 3.57. The van der Waals surface area contributed by atoms with E-state index in [9.17, 15) is 5.11 Å². The molecular formula is C22H22ClNOS. The van der Waals surface area contributed by atoms with E-state index in [4.69, 9.17) is 11.6 Å². The number of halogens is 1. The first-order valence-electron chi connectivity index (χ1n) is 9.13. The van der Waals surface area contributed by atoms with Crippen LogP contribution in [0.3, 0.4) is 0 Å². The van der Waals surface area contributed by atoms with Gasteiger partial charge in [-0.3, -0.25) is 4.98 Å². The summed E-state index contributed by atoms with van der Waals surface area (Å²) < 4.78 is 0. The average molecular weight is 384 g/mol. The molecule has 2 aromatic heterocycles. The van der Waals surface area contributed by atoms with Crippen molar-refractivity contribution in [3.05, 3.63) is 76.2 Å². The maximum Gasteiger partial charge on any atom is 0.107 e. The number of alkyl halides is 1. The van der Waals surface area contributed by atoms with Gasteiger partial charge < -0.3 is 5.11 Å². The van der Waals surface area contributed by atoms with Gasteiger partial charge in [-0.1, -0.05) is 42.8 Å². The molecule has 0 amide bonds. The van der Waals surface area contributed by atoms with Crippen molar-refractivity contribution in [3.63, 3.8) is 0 Å². The number of benzene rings is 1. The Morgan fingerprint density at radius 2 is 1.96 bits per heavy atom. The fourth-order valence-corrected chi connectivity index (χ4v) is 5.53. The predicted molar refractivity (Wildman–Crippen MR) is 109 cm³/mol. The molecule has 1 N–H and O–H groups in total. The van der Waals surface area contributed by atoms with Gasteiger partial charge in [0.05, 0.1) is 0 Å². The molecule has 0 saturated heterocycles. The molecule has 1 fully saturated rings. The highest BCUT2D eigenvalue weighted by Crippen LogP contribution is 2.46. The van der Waals surface area contributed by atoms with Crippen LogP contribution in [0.1, 0.15) is 53.7 Å². The van der Waals surface area contributed by atoms with Crippen molar-refractivity contribution in [1.29, 1.82) is 0 Å². The largest absolute Gasteiger partial charge is 0.384 e. The van der Waals surface area contributed by atoms with Crippen LogP contribution in [-0.4, -0.2) is 15.5 Å². The first kappa shape index (κ1) is 17.7. The van der Waals surface area contributed by atoms with Gasteiger partial charge in [0.15, 0.2) is 0 Å². The van der Waals surface area contributed by atoms with Gasteiger partial charge in [0.2, 0.25) is 0 Å². The smallest absolute Gasteiger partial charge is 0.107 e. The molecule has 3 unspecified atom stereocenters. The van der Waals surface area contributed by atoms with Gasteiger partial charge in [-0.25, -0.2) is 0 Å². The van der Waals surface area contributed by atoms with Crippen molar-refractivity contribution in [1.82, 2.24) is 4.98 Å². The molecule has 3 aromatic rings. The summed E-state index contributed by atoms with van der Waals surface area (Å²) >= 11 is 8.23. The highest BCUT2D eigenvalue weighted by atomic mass is 35.5. The highest BCUT2D eigenvalue weighted by Gasteiger charge is 2.29. The van der Waals surface area contributed by atoms with Crippen molar-refractivity contribution < 1.29 is 5.11 Å². The van der Waals surface area contributed by atoms with E-state index in [-0.39, 0.29) is 5.38 Å². The van der Waals surface area contributed by atoms with Gasteiger partial charge in [0.25, 0.3) is 0 Å². The summed E-state index contributed by atoms with van der Waals surface area (Å²) in [5.41, 5.74) is 4.14. The van der Waals surface area contributed by atoms with Crippen molar-refractivity contribution in [2.45, 2.75) is 43.1 Å². The molecule has 4 heteroatoms. The number of hydrogen-bond donors (Lipinski definition) is 1. The molecule has 0 radical (unpaired) electrons. The van der Waals surface area contributed by atoms with Gasteiger partial charge in [0.1, 0.15) is 6.10 Å². The van der Waals surface area contributed by atoms with Crippen LogP contribution in [0.2, 0.25) is 0 Å². The van der Waals surface area contributed by atoms with Crippen molar-refractivity contribution in [2.24, 2.45) is 0 Å². The van der Waals surface area contributed by atoms with Crippen LogP contribution in [0.25, 0.3) is 11.1 Å². The van der Waals surface area contributed by atoms with Gasteiger partial charge in [-0.2, -0.15) is 0 Å². The lowest BCUT2D eigenvalue weighted by molar-refractivity contribution is 0.219. The number of rotatable bonds is 4. The number of aromatic nitrogens is 1. The lowest BCUT2D eigenvalue weighted by Crippen LogP contribution is -2.15. The molecule has 3 atom stereocenters. The van der Waals surface area contributed by atoms with Crippen molar-refractivity contribution >= 4 is 22.9 Å². The van der Waals surface area contributed by atoms with Crippen LogP contribution < -0.4 is 0 Å². The van der Waals surface area contributed by atoms with Crippen LogP contribution >= 0.6 is 22.9 Å². The van der Waals surface area contributed by atoms with E-state index >= 15 is 0 Å². The summed E-state index contributed by atoms with van der Waals surface area (Å²) in [6.45, 7) is 0. The minimum absolute atomic E-state index is 0.236. The van der Waals surface area contributed by atoms with Crippen molar-refractivity contribution in [2.75, 3.05) is 0 Å². The number of aliphatic hydroxyl groups is 1. The quantitative estimate of drug-likeness (QED) is 0.547. The second kappa shape index (κ2) is 7.91. The zero-order valence-corrected chi connectivity index (χ0v) is 16.1. The van der Waals surface area contributed by atoms with E-state index in [0.717, 1.165) is 47.9 Å². The van der Waals surface area contributed by atoms with E-state index in [1.165, 1.54) is 4.88 Å². The second-order valence-corrected chi connectivity index (χ2v) is 8.47. The maximum atomic E-state index is 11.2. The third-order valence-electron chi connectivity index (χ3n) is 5.20. The van der Waals surface area contributed by atoms with E-state index in [1.54, 1.807) is 23.7 Å². The second-order valence-electron chi connectivity index (χ2n) is 6.94. The van der Waals surface area contributed by atoms with Crippen LogP contribution in [0.5, 0.6) is 0 Å². The summed E-state index contributed by atoms with van der Waals surface area (Å²) in [5, 5.41) is 13.7. The molecule has 2 heterocycles. The Balaban J connectivity index is 1.81. The minimum atomic E-state index is -0.671. The van der Waals surface area contributed by atoms with E-state index < -0.39 is 6.10 Å². The highest BCUT2D eigenvalue weighted by molar-refractivity contribution is 7.10. The van der Waals surface area contributed by atoms with Crippen LogP contribution in [0.4, 0.5) is 0 Å². The fourth-order valence-electron chi connectivity index (χ4n) is 3.89. The predicted octanol–water partition coefficient (Wildman–Crippen LogP) is 6.16. The summed E-state index contributed by atoms with van der Waals surface area (Å²) in [7, 11) is 0. The Morgan fingerprint density at radius 1 is 1.12 bits per heavy atom. The molecular weight excluding hydrogens is 362 g/mol. The molecule has 26 heavy (non-hydrogen) atoms.